The number of aromatic nitrogens is 1. The number of nitrogens with one attached hydrogen (secondary N) is 1. The summed E-state index contributed by atoms with van der Waals surface area (Å²) >= 11 is 5.80. The van der Waals surface area contributed by atoms with Crippen molar-refractivity contribution in [2.45, 2.75) is 57.5 Å². The zero-order chi connectivity index (χ0) is 18.8. The van der Waals surface area contributed by atoms with E-state index < -0.39 is 5.41 Å². The van der Waals surface area contributed by atoms with Crippen LogP contribution in [-0.4, -0.2) is 28.3 Å². The van der Waals surface area contributed by atoms with Crippen molar-refractivity contribution >= 4 is 33.8 Å². The van der Waals surface area contributed by atoms with Gasteiger partial charge in [0.05, 0.1) is 21.6 Å². The fourth-order valence-electron chi connectivity index (χ4n) is 3.56. The molecule has 138 valence electrons. The molecule has 1 heterocycles. The summed E-state index contributed by atoms with van der Waals surface area (Å²) in [4.78, 5) is 11.3. The quantitative estimate of drug-likeness (QED) is 0.626. The molecule has 1 aromatic heterocycles. The monoisotopic (exact) mass is 369 g/mol. The smallest absolute Gasteiger partial charge is 0.129 e. The van der Waals surface area contributed by atoms with E-state index in [0.717, 1.165) is 52.8 Å². The second kappa shape index (κ2) is 7.31. The lowest BCUT2D eigenvalue weighted by molar-refractivity contribution is -0.000592. The Kier molecular flexibility index (Phi) is 5.28. The van der Waals surface area contributed by atoms with Crippen LogP contribution in [0.4, 0.5) is 0 Å². The van der Waals surface area contributed by atoms with Gasteiger partial charge in [-0.1, -0.05) is 42.0 Å². The summed E-state index contributed by atoms with van der Waals surface area (Å²) in [7, 11) is 1.88. The number of likely N-dealkylation sites (N-methyl/N-ethyl adjacent to an activating group) is 1. The van der Waals surface area contributed by atoms with Gasteiger partial charge in [-0.15, -0.1) is 0 Å². The lowest BCUT2D eigenvalue weighted by Gasteiger charge is -2.39. The Morgan fingerprint density at radius 2 is 2.04 bits per heavy atom. The molecule has 1 aliphatic rings. The average Bonchev–Trinajstić information content (AvgIpc) is 2.64. The summed E-state index contributed by atoms with van der Waals surface area (Å²) in [5.74, 6) is 0. The standard InChI is InChI=1S/C21H27N3OS/c1-20(2,3)25-24-18-11-7-8-12-21(18,19(26)22-4)16-13-15-9-5-6-10-17(15)23-14-16/h5-6,9-10,13-14H,7-8,11-12H2,1-4H3,(H,22,26)/b24-18+. The Hall–Kier alpha value is -2.01. The minimum Gasteiger partial charge on any atom is -0.390 e. The number of oxime groups is 1. The molecule has 1 aliphatic carbocycles. The van der Waals surface area contributed by atoms with Crippen molar-refractivity contribution in [3.05, 3.63) is 42.1 Å². The number of hydrogen-bond acceptors (Lipinski definition) is 4. The zero-order valence-electron chi connectivity index (χ0n) is 16.0. The first-order valence-electron chi connectivity index (χ1n) is 9.20. The van der Waals surface area contributed by atoms with Gasteiger partial charge in [0.15, 0.2) is 0 Å². The van der Waals surface area contributed by atoms with Crippen molar-refractivity contribution in [2.75, 3.05) is 7.05 Å². The predicted octanol–water partition coefficient (Wildman–Crippen LogP) is 4.76. The third-order valence-electron chi connectivity index (χ3n) is 4.84. The van der Waals surface area contributed by atoms with Crippen molar-refractivity contribution in [3.8, 4) is 0 Å². The molecule has 26 heavy (non-hydrogen) atoms. The Morgan fingerprint density at radius 1 is 1.27 bits per heavy atom. The van der Waals surface area contributed by atoms with Crippen molar-refractivity contribution in [3.63, 3.8) is 0 Å². The van der Waals surface area contributed by atoms with E-state index in [9.17, 15) is 0 Å². The van der Waals surface area contributed by atoms with Crippen molar-refractivity contribution in [1.29, 1.82) is 0 Å². The fourth-order valence-corrected chi connectivity index (χ4v) is 3.90. The molecule has 5 heteroatoms. The molecule has 1 aromatic carbocycles. The number of fused-ring (bicyclic) bond motifs is 1. The highest BCUT2D eigenvalue weighted by Crippen LogP contribution is 2.39. The van der Waals surface area contributed by atoms with E-state index in [-0.39, 0.29) is 5.60 Å². The second-order valence-corrected chi connectivity index (χ2v) is 8.26. The van der Waals surface area contributed by atoms with Gasteiger partial charge >= 0.3 is 0 Å². The summed E-state index contributed by atoms with van der Waals surface area (Å²) in [5.41, 5.74) is 2.28. The van der Waals surface area contributed by atoms with E-state index in [0.29, 0.717) is 0 Å². The van der Waals surface area contributed by atoms with Gasteiger partial charge < -0.3 is 10.2 Å². The molecule has 1 atom stereocenters. The highest BCUT2D eigenvalue weighted by atomic mass is 32.1. The van der Waals surface area contributed by atoms with Gasteiger partial charge in [-0.25, -0.2) is 0 Å². The van der Waals surface area contributed by atoms with Gasteiger partial charge in [0, 0.05) is 18.6 Å². The van der Waals surface area contributed by atoms with Crippen LogP contribution in [0.25, 0.3) is 10.9 Å². The highest BCUT2D eigenvalue weighted by molar-refractivity contribution is 7.80. The number of benzene rings is 1. The van der Waals surface area contributed by atoms with Crippen LogP contribution in [0, 0.1) is 0 Å². The Labute approximate surface area is 161 Å². The van der Waals surface area contributed by atoms with E-state index in [1.165, 1.54) is 0 Å². The molecule has 0 aliphatic heterocycles. The van der Waals surface area contributed by atoms with Crippen molar-refractivity contribution in [1.82, 2.24) is 10.3 Å². The van der Waals surface area contributed by atoms with Gasteiger partial charge in [-0.05, 0) is 57.7 Å². The number of pyridine rings is 1. The van der Waals surface area contributed by atoms with E-state index in [4.69, 9.17) is 17.1 Å². The van der Waals surface area contributed by atoms with Crippen LogP contribution in [0.3, 0.4) is 0 Å². The maximum atomic E-state index is 5.81. The molecule has 4 nitrogen and oxygen atoms in total. The molecular formula is C21H27N3OS. The Bertz CT molecular complexity index is 841. The zero-order valence-corrected chi connectivity index (χ0v) is 16.8. The van der Waals surface area contributed by atoms with Gasteiger partial charge in [0.2, 0.25) is 0 Å². The molecule has 0 radical (unpaired) electrons. The molecule has 1 unspecified atom stereocenters. The van der Waals surface area contributed by atoms with Crippen LogP contribution in [-0.2, 0) is 10.3 Å². The summed E-state index contributed by atoms with van der Waals surface area (Å²) in [6, 6.07) is 10.4. The van der Waals surface area contributed by atoms with Crippen LogP contribution in [0.15, 0.2) is 41.7 Å². The summed E-state index contributed by atoms with van der Waals surface area (Å²) in [5, 5.41) is 8.93. The minimum atomic E-state index is -0.454. The Morgan fingerprint density at radius 3 is 2.77 bits per heavy atom. The maximum absolute atomic E-state index is 5.81. The van der Waals surface area contributed by atoms with Crippen molar-refractivity contribution < 1.29 is 4.84 Å². The van der Waals surface area contributed by atoms with E-state index in [1.807, 2.05) is 52.2 Å². The first kappa shape index (κ1) is 18.8. The van der Waals surface area contributed by atoms with E-state index in [2.05, 4.69) is 27.6 Å². The van der Waals surface area contributed by atoms with E-state index in [1.54, 1.807) is 0 Å². The highest BCUT2D eigenvalue weighted by Gasteiger charge is 2.44. The van der Waals surface area contributed by atoms with Gasteiger partial charge in [0.25, 0.3) is 0 Å². The minimum absolute atomic E-state index is 0.334. The molecule has 1 N–H and O–H groups in total. The predicted molar refractivity (Wildman–Crippen MR) is 112 cm³/mol. The summed E-state index contributed by atoms with van der Waals surface area (Å²) in [6.45, 7) is 6.03. The molecule has 1 fully saturated rings. The van der Waals surface area contributed by atoms with Crippen molar-refractivity contribution in [2.24, 2.45) is 5.16 Å². The maximum Gasteiger partial charge on any atom is 0.129 e. The van der Waals surface area contributed by atoms with Crippen LogP contribution < -0.4 is 5.32 Å². The van der Waals surface area contributed by atoms with Crippen LogP contribution in [0.5, 0.6) is 0 Å². The third kappa shape index (κ3) is 3.58. The number of rotatable bonds is 3. The molecule has 0 saturated heterocycles. The average molecular weight is 370 g/mol. The third-order valence-corrected chi connectivity index (χ3v) is 5.39. The molecule has 0 spiro atoms. The van der Waals surface area contributed by atoms with E-state index >= 15 is 0 Å². The molecule has 2 aromatic rings. The fraction of sp³-hybridized carbons (Fsp3) is 0.476. The number of thiocarbonyl (C=S) groups is 1. The van der Waals surface area contributed by atoms with Gasteiger partial charge in [-0.3, -0.25) is 4.98 Å². The normalized spacial score (nSPS) is 22.4. The lowest BCUT2D eigenvalue weighted by Crippen LogP contribution is -2.50. The van der Waals surface area contributed by atoms with Gasteiger partial charge in [-0.2, -0.15) is 0 Å². The molecule has 0 bridgehead atoms. The molecular weight excluding hydrogens is 342 g/mol. The molecule has 1 saturated carbocycles. The van der Waals surface area contributed by atoms with Crippen LogP contribution in [0.1, 0.15) is 52.0 Å². The first-order chi connectivity index (χ1) is 12.4. The Balaban J connectivity index is 2.15. The SMILES string of the molecule is CNC(=S)C1(c2cnc3ccccc3c2)CCCC/C1=N\OC(C)(C)C. The lowest BCUT2D eigenvalue weighted by atomic mass is 9.68. The van der Waals surface area contributed by atoms with Crippen LogP contribution >= 0.6 is 12.2 Å². The number of nitrogens with zero attached hydrogens (tertiary/aromatic N) is 2. The first-order valence-corrected chi connectivity index (χ1v) is 9.60. The summed E-state index contributed by atoms with van der Waals surface area (Å²) < 4.78 is 0. The number of hydrogen-bond donors (Lipinski definition) is 1. The molecule has 0 amide bonds. The summed E-state index contributed by atoms with van der Waals surface area (Å²) in [6.07, 6.45) is 5.94. The molecule has 3 rings (SSSR count). The second-order valence-electron chi connectivity index (χ2n) is 7.85. The topological polar surface area (TPSA) is 46.5 Å². The van der Waals surface area contributed by atoms with Gasteiger partial charge in [0.1, 0.15) is 5.60 Å². The van der Waals surface area contributed by atoms with Crippen LogP contribution in [0.2, 0.25) is 0 Å². The largest absolute Gasteiger partial charge is 0.390 e. The number of para-hydroxylation sites is 1.